The number of nitrogen functional groups attached to an aromatic ring is 1. The molecule has 0 spiro atoms. The highest BCUT2D eigenvalue weighted by Gasteiger charge is 2.23. The Morgan fingerprint density at radius 3 is 3.06 bits per heavy atom. The zero-order valence-corrected chi connectivity index (χ0v) is 11.0. The van der Waals surface area contributed by atoms with Gasteiger partial charge in [0.05, 0.1) is 0 Å². The number of carbonyl (C=O) groups excluding carboxylic acids is 1. The van der Waals surface area contributed by atoms with Crippen molar-refractivity contribution in [1.82, 2.24) is 14.8 Å². The monoisotopic (exact) mass is 248 g/mol. The third-order valence-corrected chi connectivity index (χ3v) is 3.40. The zero-order chi connectivity index (χ0) is 13.1. The summed E-state index contributed by atoms with van der Waals surface area (Å²) >= 11 is 0. The van der Waals surface area contributed by atoms with Gasteiger partial charge in [0.1, 0.15) is 5.82 Å². The Kier molecular flexibility index (Phi) is 3.81. The van der Waals surface area contributed by atoms with Crippen molar-refractivity contribution < 1.29 is 4.79 Å². The maximum Gasteiger partial charge on any atom is 0.253 e. The third-order valence-electron chi connectivity index (χ3n) is 3.40. The van der Waals surface area contributed by atoms with Crippen LogP contribution in [-0.4, -0.2) is 54.4 Å². The van der Waals surface area contributed by atoms with Gasteiger partial charge in [-0.3, -0.25) is 4.79 Å². The lowest BCUT2D eigenvalue weighted by Gasteiger charge is -2.21. The molecular weight excluding hydrogens is 228 g/mol. The first kappa shape index (κ1) is 12.8. The SMILES string of the molecule is CN1CCC(CN(C)C(=O)c2ccnc(N)c2)C1. The van der Waals surface area contributed by atoms with Crippen molar-refractivity contribution in [1.29, 1.82) is 0 Å². The molecule has 0 aromatic carbocycles. The van der Waals surface area contributed by atoms with Crippen molar-refractivity contribution in [2.45, 2.75) is 6.42 Å². The summed E-state index contributed by atoms with van der Waals surface area (Å²) in [6.45, 7) is 2.98. The minimum Gasteiger partial charge on any atom is -0.384 e. The van der Waals surface area contributed by atoms with E-state index in [0.29, 0.717) is 17.3 Å². The third kappa shape index (κ3) is 2.98. The van der Waals surface area contributed by atoms with Crippen LogP contribution in [0, 0.1) is 5.92 Å². The van der Waals surface area contributed by atoms with Crippen LogP contribution >= 0.6 is 0 Å². The molecule has 1 aliphatic heterocycles. The van der Waals surface area contributed by atoms with Crippen LogP contribution in [-0.2, 0) is 0 Å². The molecule has 18 heavy (non-hydrogen) atoms. The van der Waals surface area contributed by atoms with Crippen LogP contribution in [0.5, 0.6) is 0 Å². The fourth-order valence-electron chi connectivity index (χ4n) is 2.45. The molecule has 1 saturated heterocycles. The molecule has 5 nitrogen and oxygen atoms in total. The van der Waals surface area contributed by atoms with Gasteiger partial charge in [0.25, 0.3) is 5.91 Å². The number of amides is 1. The standard InChI is InChI=1S/C13H20N4O/c1-16-6-4-10(8-16)9-17(2)13(18)11-3-5-15-12(14)7-11/h3,5,7,10H,4,6,8-9H2,1-2H3,(H2,14,15). The number of pyridine rings is 1. The second-order valence-corrected chi connectivity index (χ2v) is 5.07. The Morgan fingerprint density at radius 2 is 2.44 bits per heavy atom. The fraction of sp³-hybridized carbons (Fsp3) is 0.538. The molecule has 1 aromatic rings. The van der Waals surface area contributed by atoms with Crippen molar-refractivity contribution in [3.63, 3.8) is 0 Å². The first-order valence-electron chi connectivity index (χ1n) is 6.22. The van der Waals surface area contributed by atoms with E-state index in [1.807, 2.05) is 7.05 Å². The summed E-state index contributed by atoms with van der Waals surface area (Å²) in [7, 11) is 3.96. The van der Waals surface area contributed by atoms with Gasteiger partial charge in [-0.15, -0.1) is 0 Å². The van der Waals surface area contributed by atoms with E-state index in [1.54, 1.807) is 23.2 Å². The first-order chi connectivity index (χ1) is 8.56. The molecule has 98 valence electrons. The average molecular weight is 248 g/mol. The van der Waals surface area contributed by atoms with Crippen LogP contribution in [0.15, 0.2) is 18.3 Å². The quantitative estimate of drug-likeness (QED) is 0.854. The van der Waals surface area contributed by atoms with Gasteiger partial charge < -0.3 is 15.5 Å². The molecule has 5 heteroatoms. The molecule has 2 heterocycles. The van der Waals surface area contributed by atoms with Gasteiger partial charge in [-0.05, 0) is 38.1 Å². The van der Waals surface area contributed by atoms with Crippen LogP contribution in [0.1, 0.15) is 16.8 Å². The van der Waals surface area contributed by atoms with Crippen molar-refractivity contribution in [3.8, 4) is 0 Å². The number of anilines is 1. The smallest absolute Gasteiger partial charge is 0.253 e. The molecule has 1 unspecified atom stereocenters. The van der Waals surface area contributed by atoms with Gasteiger partial charge in [-0.1, -0.05) is 0 Å². The van der Waals surface area contributed by atoms with Crippen molar-refractivity contribution in [2.24, 2.45) is 5.92 Å². The van der Waals surface area contributed by atoms with E-state index in [-0.39, 0.29) is 5.91 Å². The van der Waals surface area contributed by atoms with Gasteiger partial charge in [0.15, 0.2) is 0 Å². The number of likely N-dealkylation sites (tertiary alicyclic amines) is 1. The second kappa shape index (κ2) is 5.35. The van der Waals surface area contributed by atoms with E-state index in [0.717, 1.165) is 26.1 Å². The lowest BCUT2D eigenvalue weighted by Crippen LogP contribution is -2.32. The van der Waals surface area contributed by atoms with E-state index in [9.17, 15) is 4.79 Å². The summed E-state index contributed by atoms with van der Waals surface area (Å²) in [5, 5.41) is 0. The summed E-state index contributed by atoms with van der Waals surface area (Å²) < 4.78 is 0. The Labute approximate surface area is 108 Å². The molecule has 0 bridgehead atoms. The number of carbonyl (C=O) groups is 1. The van der Waals surface area contributed by atoms with E-state index >= 15 is 0 Å². The number of nitrogens with two attached hydrogens (primary N) is 1. The summed E-state index contributed by atoms with van der Waals surface area (Å²) in [4.78, 5) is 20.2. The van der Waals surface area contributed by atoms with Crippen molar-refractivity contribution >= 4 is 11.7 Å². The van der Waals surface area contributed by atoms with Gasteiger partial charge in [-0.25, -0.2) is 4.98 Å². The molecule has 1 aromatic heterocycles. The molecule has 1 aliphatic rings. The van der Waals surface area contributed by atoms with Crippen molar-refractivity contribution in [2.75, 3.05) is 39.5 Å². The molecule has 2 rings (SSSR count). The number of hydrogen-bond donors (Lipinski definition) is 1. The number of aromatic nitrogens is 1. The molecule has 0 aliphatic carbocycles. The van der Waals surface area contributed by atoms with Gasteiger partial charge >= 0.3 is 0 Å². The number of hydrogen-bond acceptors (Lipinski definition) is 4. The average Bonchev–Trinajstić information content (AvgIpc) is 2.73. The Balaban J connectivity index is 1.96. The molecule has 1 fully saturated rings. The normalized spacial score (nSPS) is 20.0. The number of rotatable bonds is 3. The fourth-order valence-corrected chi connectivity index (χ4v) is 2.45. The highest BCUT2D eigenvalue weighted by molar-refractivity contribution is 5.94. The van der Waals surface area contributed by atoms with E-state index in [4.69, 9.17) is 5.73 Å². The highest BCUT2D eigenvalue weighted by Crippen LogP contribution is 2.16. The van der Waals surface area contributed by atoms with Crippen LogP contribution in [0.4, 0.5) is 5.82 Å². The summed E-state index contributed by atoms with van der Waals surface area (Å²) in [5.41, 5.74) is 6.20. The van der Waals surface area contributed by atoms with E-state index in [1.165, 1.54) is 0 Å². The summed E-state index contributed by atoms with van der Waals surface area (Å²) in [6, 6.07) is 3.33. The maximum absolute atomic E-state index is 12.2. The van der Waals surface area contributed by atoms with Gasteiger partial charge in [0.2, 0.25) is 0 Å². The second-order valence-electron chi connectivity index (χ2n) is 5.07. The van der Waals surface area contributed by atoms with Crippen molar-refractivity contribution in [3.05, 3.63) is 23.9 Å². The lowest BCUT2D eigenvalue weighted by molar-refractivity contribution is 0.0774. The Bertz CT molecular complexity index is 435. The Hall–Kier alpha value is -1.62. The van der Waals surface area contributed by atoms with E-state index in [2.05, 4.69) is 16.9 Å². The predicted molar refractivity (Wildman–Crippen MR) is 71.2 cm³/mol. The first-order valence-corrected chi connectivity index (χ1v) is 6.22. The van der Waals surface area contributed by atoms with Gasteiger partial charge in [0, 0.05) is 31.9 Å². The lowest BCUT2D eigenvalue weighted by atomic mass is 10.1. The van der Waals surface area contributed by atoms with Gasteiger partial charge in [-0.2, -0.15) is 0 Å². The molecule has 0 radical (unpaired) electrons. The maximum atomic E-state index is 12.2. The zero-order valence-electron chi connectivity index (χ0n) is 11.0. The Morgan fingerprint density at radius 1 is 1.67 bits per heavy atom. The van der Waals surface area contributed by atoms with Crippen LogP contribution in [0.25, 0.3) is 0 Å². The summed E-state index contributed by atoms with van der Waals surface area (Å²) in [6.07, 6.45) is 2.73. The highest BCUT2D eigenvalue weighted by atomic mass is 16.2. The molecule has 2 N–H and O–H groups in total. The minimum atomic E-state index is 0.0126. The minimum absolute atomic E-state index is 0.0126. The largest absolute Gasteiger partial charge is 0.384 e. The molecule has 1 atom stereocenters. The topological polar surface area (TPSA) is 62.5 Å². The van der Waals surface area contributed by atoms with Crippen LogP contribution in [0.3, 0.4) is 0 Å². The van der Waals surface area contributed by atoms with E-state index < -0.39 is 0 Å². The molecule has 1 amide bonds. The van der Waals surface area contributed by atoms with Crippen LogP contribution in [0.2, 0.25) is 0 Å². The predicted octanol–water partition coefficient (Wildman–Crippen LogP) is 0.687. The van der Waals surface area contributed by atoms with Crippen LogP contribution < -0.4 is 5.73 Å². The molecular formula is C13H20N4O. The number of nitrogens with zero attached hydrogens (tertiary/aromatic N) is 3. The molecule has 0 saturated carbocycles. The summed E-state index contributed by atoms with van der Waals surface area (Å²) in [5.74, 6) is 0.969.